The zero-order valence-electron chi connectivity index (χ0n) is 16.5. The van der Waals surface area contributed by atoms with E-state index >= 15 is 0 Å². The van der Waals surface area contributed by atoms with Crippen molar-refractivity contribution in [2.45, 2.75) is 31.0 Å². The minimum absolute atomic E-state index is 0.0183. The van der Waals surface area contributed by atoms with Crippen molar-refractivity contribution >= 4 is 49.8 Å². The number of nitrogens with one attached hydrogen (secondary N) is 1. The molecular weight excluding hydrogens is 452 g/mol. The van der Waals surface area contributed by atoms with Gasteiger partial charge in [0.15, 0.2) is 0 Å². The second-order valence-electron chi connectivity index (χ2n) is 6.83. The van der Waals surface area contributed by atoms with Crippen molar-refractivity contribution in [3.63, 3.8) is 0 Å². The number of amides is 1. The Hall–Kier alpha value is -1.98. The summed E-state index contributed by atoms with van der Waals surface area (Å²) in [5.41, 5.74) is 0.311. The number of nitrogens with zero attached hydrogens (tertiary/aromatic N) is 1. The Morgan fingerprint density at radius 1 is 1.23 bits per heavy atom. The summed E-state index contributed by atoms with van der Waals surface area (Å²) in [4.78, 5) is 24.4. The third kappa shape index (κ3) is 4.68. The average molecular weight is 473 g/mol. The van der Waals surface area contributed by atoms with Gasteiger partial charge < -0.3 is 14.8 Å². The highest BCUT2D eigenvalue weighted by atomic mass is 35.5. The van der Waals surface area contributed by atoms with Gasteiger partial charge in [-0.05, 0) is 43.5 Å². The van der Waals surface area contributed by atoms with Gasteiger partial charge in [0.25, 0.3) is 5.91 Å². The summed E-state index contributed by atoms with van der Waals surface area (Å²) in [6, 6.07) is 5.56. The molecule has 1 amide bonds. The fourth-order valence-corrected chi connectivity index (χ4v) is 6.02. The lowest BCUT2D eigenvalue weighted by Crippen LogP contribution is -2.48. The fraction of sp³-hybridized carbons (Fsp3) is 0.368. The third-order valence-electron chi connectivity index (χ3n) is 4.49. The molecule has 11 heteroatoms. The van der Waals surface area contributed by atoms with Crippen LogP contribution in [0.3, 0.4) is 0 Å². The Morgan fingerprint density at radius 3 is 2.53 bits per heavy atom. The van der Waals surface area contributed by atoms with Crippen molar-refractivity contribution in [3.05, 3.63) is 45.8 Å². The highest BCUT2D eigenvalue weighted by molar-refractivity contribution is 7.89. The largest absolute Gasteiger partial charge is 0.465 e. The van der Waals surface area contributed by atoms with Crippen LogP contribution in [0, 0.1) is 0 Å². The lowest BCUT2D eigenvalue weighted by atomic mass is 10.2. The van der Waals surface area contributed by atoms with Crippen LogP contribution in [-0.2, 0) is 19.5 Å². The normalized spacial score (nSPS) is 20.0. The number of carbonyl (C=O) groups excluding carboxylic acids is 2. The summed E-state index contributed by atoms with van der Waals surface area (Å²) in [6.45, 7) is 3.97. The quantitative estimate of drug-likeness (QED) is 0.670. The molecule has 8 nitrogen and oxygen atoms in total. The van der Waals surface area contributed by atoms with Crippen LogP contribution in [0.5, 0.6) is 0 Å². The molecule has 0 radical (unpaired) electrons. The van der Waals surface area contributed by atoms with Crippen molar-refractivity contribution in [1.29, 1.82) is 0 Å². The van der Waals surface area contributed by atoms with E-state index in [9.17, 15) is 18.0 Å². The molecule has 1 fully saturated rings. The van der Waals surface area contributed by atoms with E-state index < -0.39 is 21.9 Å². The molecule has 1 aromatic heterocycles. The molecule has 2 atom stereocenters. The molecule has 1 aliphatic heterocycles. The van der Waals surface area contributed by atoms with Gasteiger partial charge in [-0.1, -0.05) is 11.6 Å². The molecule has 1 aliphatic rings. The topological polar surface area (TPSA) is 102 Å². The van der Waals surface area contributed by atoms with E-state index in [4.69, 9.17) is 21.1 Å². The first-order valence-electron chi connectivity index (χ1n) is 9.05. The molecule has 30 heavy (non-hydrogen) atoms. The second kappa shape index (κ2) is 9.03. The molecule has 0 aliphatic carbocycles. The molecule has 1 aromatic carbocycles. The SMILES string of the molecule is COC(=O)c1ccsc1NC(=O)c1ccc(Cl)c(S(=O)(=O)N2CC(C)OC(C)C2)c1. The van der Waals surface area contributed by atoms with Crippen molar-refractivity contribution in [2.75, 3.05) is 25.5 Å². The number of hydrogen-bond acceptors (Lipinski definition) is 7. The van der Waals surface area contributed by atoms with Crippen molar-refractivity contribution in [2.24, 2.45) is 0 Å². The summed E-state index contributed by atoms with van der Waals surface area (Å²) in [7, 11) is -2.69. The predicted molar refractivity (Wildman–Crippen MR) is 114 cm³/mol. The first-order chi connectivity index (χ1) is 14.1. The first kappa shape index (κ1) is 22.7. The third-order valence-corrected chi connectivity index (χ3v) is 7.64. The highest BCUT2D eigenvalue weighted by Crippen LogP contribution is 2.29. The van der Waals surface area contributed by atoms with Crippen LogP contribution in [0.2, 0.25) is 5.02 Å². The van der Waals surface area contributed by atoms with Gasteiger partial charge in [0.2, 0.25) is 10.0 Å². The van der Waals surface area contributed by atoms with E-state index in [1.807, 2.05) is 0 Å². The Kier molecular flexibility index (Phi) is 6.83. The second-order valence-corrected chi connectivity index (χ2v) is 10.1. The van der Waals surface area contributed by atoms with Gasteiger partial charge in [-0.2, -0.15) is 4.31 Å². The lowest BCUT2D eigenvalue weighted by Gasteiger charge is -2.34. The van der Waals surface area contributed by atoms with E-state index in [0.717, 1.165) is 11.3 Å². The Balaban J connectivity index is 1.89. The van der Waals surface area contributed by atoms with E-state index in [-0.39, 0.29) is 46.3 Å². The van der Waals surface area contributed by atoms with E-state index in [0.29, 0.717) is 5.00 Å². The van der Waals surface area contributed by atoms with Gasteiger partial charge in [0.1, 0.15) is 9.90 Å². The summed E-state index contributed by atoms with van der Waals surface area (Å²) in [6.07, 6.45) is -0.520. The zero-order chi connectivity index (χ0) is 22.1. The Morgan fingerprint density at radius 2 is 1.90 bits per heavy atom. The maximum atomic E-state index is 13.2. The van der Waals surface area contributed by atoms with Gasteiger partial charge in [-0.25, -0.2) is 13.2 Å². The number of thiophene rings is 1. The number of sulfonamides is 1. The van der Waals surface area contributed by atoms with Gasteiger partial charge >= 0.3 is 5.97 Å². The maximum absolute atomic E-state index is 13.2. The number of carbonyl (C=O) groups is 2. The summed E-state index contributed by atoms with van der Waals surface area (Å²) in [5, 5.41) is 4.59. The van der Waals surface area contributed by atoms with Gasteiger partial charge in [-0.15, -0.1) is 11.3 Å². The lowest BCUT2D eigenvalue weighted by molar-refractivity contribution is -0.0440. The number of morpholine rings is 1. The monoisotopic (exact) mass is 472 g/mol. The van der Waals surface area contributed by atoms with Crippen LogP contribution in [0.1, 0.15) is 34.6 Å². The summed E-state index contributed by atoms with van der Waals surface area (Å²) in [5.74, 6) is -1.15. The standard InChI is InChI=1S/C19H21ClN2O6S2/c1-11-9-22(10-12(2)28-11)30(25,26)16-8-13(4-5-15(16)20)17(23)21-18-14(6-7-29-18)19(24)27-3/h4-8,11-12H,9-10H2,1-3H3,(H,21,23). The zero-order valence-corrected chi connectivity index (χ0v) is 18.9. The van der Waals surface area contributed by atoms with Crippen LogP contribution < -0.4 is 5.32 Å². The number of benzene rings is 1. The number of esters is 1. The van der Waals surface area contributed by atoms with Crippen molar-refractivity contribution in [3.8, 4) is 0 Å². The van der Waals surface area contributed by atoms with Crippen LogP contribution in [0.4, 0.5) is 5.00 Å². The van der Waals surface area contributed by atoms with Gasteiger partial charge in [0, 0.05) is 18.7 Å². The molecule has 0 spiro atoms. The van der Waals surface area contributed by atoms with Crippen LogP contribution in [-0.4, -0.2) is 57.0 Å². The summed E-state index contributed by atoms with van der Waals surface area (Å²) >= 11 is 7.33. The number of hydrogen-bond donors (Lipinski definition) is 1. The molecule has 162 valence electrons. The first-order valence-corrected chi connectivity index (χ1v) is 11.8. The average Bonchev–Trinajstić information content (AvgIpc) is 3.14. The fourth-order valence-electron chi connectivity index (χ4n) is 3.16. The summed E-state index contributed by atoms with van der Waals surface area (Å²) < 4.78 is 37.9. The molecule has 0 bridgehead atoms. The molecule has 2 aromatic rings. The van der Waals surface area contributed by atoms with E-state index in [1.54, 1.807) is 19.2 Å². The van der Waals surface area contributed by atoms with E-state index in [2.05, 4.69) is 5.32 Å². The van der Waals surface area contributed by atoms with Gasteiger partial charge in [0.05, 0.1) is 29.9 Å². The number of ether oxygens (including phenoxy) is 2. The Labute approximate surface area is 183 Å². The smallest absolute Gasteiger partial charge is 0.340 e. The van der Waals surface area contributed by atoms with E-state index in [1.165, 1.54) is 35.7 Å². The number of rotatable bonds is 5. The molecule has 3 rings (SSSR count). The predicted octanol–water partition coefficient (Wildman–Crippen LogP) is 3.24. The Bertz CT molecular complexity index is 1060. The minimum Gasteiger partial charge on any atom is -0.465 e. The highest BCUT2D eigenvalue weighted by Gasteiger charge is 2.34. The van der Waals surface area contributed by atoms with Gasteiger partial charge in [-0.3, -0.25) is 4.79 Å². The molecule has 1 saturated heterocycles. The van der Waals surface area contributed by atoms with Crippen molar-refractivity contribution < 1.29 is 27.5 Å². The maximum Gasteiger partial charge on any atom is 0.340 e. The molecular formula is C19H21ClN2O6S2. The molecule has 2 heterocycles. The number of methoxy groups -OCH3 is 1. The van der Waals surface area contributed by atoms with Crippen LogP contribution >= 0.6 is 22.9 Å². The van der Waals surface area contributed by atoms with Crippen molar-refractivity contribution in [1.82, 2.24) is 4.31 Å². The van der Waals surface area contributed by atoms with Crippen LogP contribution in [0.15, 0.2) is 34.5 Å². The minimum atomic E-state index is -3.93. The number of anilines is 1. The van der Waals surface area contributed by atoms with Crippen LogP contribution in [0.25, 0.3) is 0 Å². The molecule has 1 N–H and O–H groups in total. The molecule has 0 saturated carbocycles. The molecule has 2 unspecified atom stereocenters. The number of halogens is 1.